The van der Waals surface area contributed by atoms with Crippen molar-refractivity contribution in [2.75, 3.05) is 0 Å². The summed E-state index contributed by atoms with van der Waals surface area (Å²) in [6, 6.07) is 6.61. The Morgan fingerprint density at radius 3 is 2.03 bits per heavy atom. The minimum Gasteiger partial charge on any atom is -0.423 e. The van der Waals surface area contributed by atoms with Gasteiger partial charge in [-0.2, -0.15) is 0 Å². The molecule has 0 heterocycles. The molecule has 0 fully saturated rings. The first-order valence-corrected chi connectivity index (χ1v) is 10.8. The number of unbranched alkanes of at least 4 members (excludes halogenated alkanes) is 7. The molecule has 7 heteroatoms. The Kier molecular flexibility index (Phi) is 10.5. The molecule has 0 amide bonds. The SMILES string of the molecule is CCCCCCCCC/C=C/C(=O)Oc1ccc(C(=O)Oc2cc(F)c(F)c(F)c2)cc1. The highest BCUT2D eigenvalue weighted by Gasteiger charge is 2.15. The Bertz CT molecular complexity index is 900. The van der Waals surface area contributed by atoms with Gasteiger partial charge in [-0.05, 0) is 37.1 Å². The van der Waals surface area contributed by atoms with Crippen molar-refractivity contribution in [3.8, 4) is 11.5 Å². The van der Waals surface area contributed by atoms with E-state index in [0.717, 1.165) is 19.3 Å². The Morgan fingerprint density at radius 2 is 1.41 bits per heavy atom. The highest BCUT2D eigenvalue weighted by atomic mass is 19.2. The highest BCUT2D eigenvalue weighted by Crippen LogP contribution is 2.21. The zero-order valence-electron chi connectivity index (χ0n) is 18.0. The molecule has 0 saturated heterocycles. The van der Waals surface area contributed by atoms with Crippen LogP contribution in [0.25, 0.3) is 0 Å². The number of carbonyl (C=O) groups excluding carboxylic acids is 2. The molecule has 0 aromatic heterocycles. The van der Waals surface area contributed by atoms with Crippen LogP contribution in [0.4, 0.5) is 13.2 Å². The van der Waals surface area contributed by atoms with Crippen LogP contribution in [0, 0.1) is 17.5 Å². The molecule has 2 aromatic rings. The fraction of sp³-hybridized carbons (Fsp3) is 0.360. The van der Waals surface area contributed by atoms with Crippen LogP contribution in [0.5, 0.6) is 11.5 Å². The molecule has 0 saturated carbocycles. The zero-order chi connectivity index (χ0) is 23.3. The van der Waals surface area contributed by atoms with Crippen molar-refractivity contribution in [3.05, 3.63) is 71.6 Å². The van der Waals surface area contributed by atoms with Crippen LogP contribution in [0.3, 0.4) is 0 Å². The van der Waals surface area contributed by atoms with Gasteiger partial charge in [-0.15, -0.1) is 0 Å². The number of halogens is 3. The second-order valence-corrected chi connectivity index (χ2v) is 7.35. The minimum atomic E-state index is -1.65. The van der Waals surface area contributed by atoms with Gasteiger partial charge in [-0.3, -0.25) is 0 Å². The fourth-order valence-electron chi connectivity index (χ4n) is 2.97. The number of hydrogen-bond acceptors (Lipinski definition) is 4. The molecule has 0 atom stereocenters. The number of esters is 2. The summed E-state index contributed by atoms with van der Waals surface area (Å²) in [6.45, 7) is 2.19. The van der Waals surface area contributed by atoms with Crippen LogP contribution in [-0.2, 0) is 4.79 Å². The summed E-state index contributed by atoms with van der Waals surface area (Å²) in [4.78, 5) is 23.9. The van der Waals surface area contributed by atoms with Crippen molar-refractivity contribution in [1.29, 1.82) is 0 Å². The molecule has 172 valence electrons. The van der Waals surface area contributed by atoms with Crippen LogP contribution in [0.1, 0.15) is 68.6 Å². The molecule has 0 unspecified atom stereocenters. The normalized spacial score (nSPS) is 11.0. The summed E-state index contributed by atoms with van der Waals surface area (Å²) in [6.07, 6.45) is 12.4. The summed E-state index contributed by atoms with van der Waals surface area (Å²) in [5, 5.41) is 0. The van der Waals surface area contributed by atoms with Gasteiger partial charge in [0.2, 0.25) is 0 Å². The van der Waals surface area contributed by atoms with Crippen LogP contribution in [0.2, 0.25) is 0 Å². The molecule has 0 radical (unpaired) electrons. The summed E-state index contributed by atoms with van der Waals surface area (Å²) >= 11 is 0. The van der Waals surface area contributed by atoms with Crippen molar-refractivity contribution < 1.29 is 32.2 Å². The average molecular weight is 448 g/mol. The van der Waals surface area contributed by atoms with Crippen LogP contribution < -0.4 is 9.47 Å². The molecule has 0 aliphatic heterocycles. The quantitative estimate of drug-likeness (QED) is 0.116. The van der Waals surface area contributed by atoms with Crippen LogP contribution in [-0.4, -0.2) is 11.9 Å². The number of allylic oxidation sites excluding steroid dienone is 1. The number of rotatable bonds is 12. The summed E-state index contributed by atoms with van der Waals surface area (Å²) in [5.41, 5.74) is 0.0596. The smallest absolute Gasteiger partial charge is 0.343 e. The van der Waals surface area contributed by atoms with Gasteiger partial charge < -0.3 is 9.47 Å². The van der Waals surface area contributed by atoms with Gasteiger partial charge in [0.05, 0.1) is 5.56 Å². The highest BCUT2D eigenvalue weighted by molar-refractivity contribution is 5.91. The van der Waals surface area contributed by atoms with E-state index in [0.29, 0.717) is 12.1 Å². The minimum absolute atomic E-state index is 0.0596. The molecular weight excluding hydrogens is 421 g/mol. The van der Waals surface area contributed by atoms with Crippen molar-refractivity contribution in [1.82, 2.24) is 0 Å². The first-order valence-electron chi connectivity index (χ1n) is 10.8. The third-order valence-corrected chi connectivity index (χ3v) is 4.70. The summed E-state index contributed by atoms with van der Waals surface area (Å²) in [5.74, 6) is -6.24. The molecule has 2 aromatic carbocycles. The average Bonchev–Trinajstić information content (AvgIpc) is 2.76. The third-order valence-electron chi connectivity index (χ3n) is 4.70. The van der Waals surface area contributed by atoms with E-state index < -0.39 is 35.1 Å². The lowest BCUT2D eigenvalue weighted by atomic mass is 10.1. The van der Waals surface area contributed by atoms with E-state index >= 15 is 0 Å². The van der Waals surface area contributed by atoms with E-state index in [1.54, 1.807) is 6.08 Å². The summed E-state index contributed by atoms with van der Waals surface area (Å²) in [7, 11) is 0. The molecule has 0 aliphatic rings. The molecule has 0 spiro atoms. The lowest BCUT2D eigenvalue weighted by molar-refractivity contribution is -0.129. The van der Waals surface area contributed by atoms with Gasteiger partial charge >= 0.3 is 11.9 Å². The van der Waals surface area contributed by atoms with Crippen molar-refractivity contribution >= 4 is 11.9 Å². The van der Waals surface area contributed by atoms with E-state index in [1.807, 2.05) is 0 Å². The lowest BCUT2D eigenvalue weighted by Gasteiger charge is -2.06. The monoisotopic (exact) mass is 448 g/mol. The number of benzene rings is 2. The first-order chi connectivity index (χ1) is 15.4. The van der Waals surface area contributed by atoms with E-state index in [9.17, 15) is 22.8 Å². The van der Waals surface area contributed by atoms with E-state index in [4.69, 9.17) is 9.47 Å². The predicted octanol–water partition coefficient (Wildman–Crippen LogP) is 6.93. The zero-order valence-corrected chi connectivity index (χ0v) is 18.0. The van der Waals surface area contributed by atoms with Gasteiger partial charge in [0.1, 0.15) is 11.5 Å². The molecule has 0 aliphatic carbocycles. The van der Waals surface area contributed by atoms with E-state index in [1.165, 1.54) is 62.4 Å². The number of carbonyl (C=O) groups is 2. The largest absolute Gasteiger partial charge is 0.423 e. The van der Waals surface area contributed by atoms with Gasteiger partial charge in [-0.25, -0.2) is 22.8 Å². The molecule has 2 rings (SSSR count). The Labute approximate surface area is 186 Å². The standard InChI is InChI=1S/C25H27F3O4/c1-2-3-4-5-6-7-8-9-10-11-23(29)31-19-14-12-18(13-15-19)25(30)32-20-16-21(26)24(28)22(27)17-20/h10-17H,2-9H2,1H3/b11-10+. The number of ether oxygens (including phenoxy) is 2. The maximum absolute atomic E-state index is 13.2. The maximum atomic E-state index is 13.2. The van der Waals surface area contributed by atoms with E-state index in [-0.39, 0.29) is 11.3 Å². The second kappa shape index (κ2) is 13.3. The van der Waals surface area contributed by atoms with Crippen LogP contribution in [0.15, 0.2) is 48.6 Å². The fourth-order valence-corrected chi connectivity index (χ4v) is 2.97. The van der Waals surface area contributed by atoms with Gasteiger partial charge in [0.25, 0.3) is 0 Å². The van der Waals surface area contributed by atoms with Gasteiger partial charge in [0.15, 0.2) is 17.5 Å². The Morgan fingerprint density at radius 1 is 0.812 bits per heavy atom. The number of hydrogen-bond donors (Lipinski definition) is 0. The van der Waals surface area contributed by atoms with Crippen molar-refractivity contribution in [2.24, 2.45) is 0 Å². The predicted molar refractivity (Wildman–Crippen MR) is 115 cm³/mol. The Hall–Kier alpha value is -3.09. The molecule has 32 heavy (non-hydrogen) atoms. The molecule has 4 nitrogen and oxygen atoms in total. The van der Waals surface area contributed by atoms with Gasteiger partial charge in [-0.1, -0.05) is 51.5 Å². The molecular formula is C25H27F3O4. The third kappa shape index (κ3) is 8.57. The summed E-state index contributed by atoms with van der Waals surface area (Å²) < 4.78 is 49.4. The topological polar surface area (TPSA) is 52.6 Å². The van der Waals surface area contributed by atoms with Gasteiger partial charge in [0, 0.05) is 18.2 Å². The van der Waals surface area contributed by atoms with Crippen molar-refractivity contribution in [2.45, 2.75) is 58.3 Å². The maximum Gasteiger partial charge on any atom is 0.343 e. The second-order valence-electron chi connectivity index (χ2n) is 7.35. The lowest BCUT2D eigenvalue weighted by Crippen LogP contribution is -2.10. The molecule has 0 bridgehead atoms. The molecule has 0 N–H and O–H groups in total. The van der Waals surface area contributed by atoms with E-state index in [2.05, 4.69) is 6.92 Å². The van der Waals surface area contributed by atoms with Crippen LogP contribution >= 0.6 is 0 Å². The van der Waals surface area contributed by atoms with Crippen molar-refractivity contribution in [3.63, 3.8) is 0 Å². The first kappa shape index (κ1) is 25.2. The Balaban J connectivity index is 1.76.